The lowest BCUT2D eigenvalue weighted by Crippen LogP contribution is -2.21. The summed E-state index contributed by atoms with van der Waals surface area (Å²) in [4.78, 5) is 17.4. The molecule has 0 aromatic heterocycles. The molecule has 266 valence electrons. The number of ether oxygens (including phenoxy) is 2. The van der Waals surface area contributed by atoms with Crippen molar-refractivity contribution >= 4 is 26.0 Å². The maximum absolute atomic E-state index is 13.0. The van der Waals surface area contributed by atoms with Crippen LogP contribution >= 0.6 is 0 Å². The van der Waals surface area contributed by atoms with Gasteiger partial charge in [0.2, 0.25) is 0 Å². The fourth-order valence-corrected chi connectivity index (χ4v) is 6.93. The van der Waals surface area contributed by atoms with Crippen LogP contribution in [0.5, 0.6) is 11.5 Å². The van der Waals surface area contributed by atoms with Crippen molar-refractivity contribution in [3.05, 3.63) is 107 Å². The molecule has 0 bridgehead atoms. The Labute approximate surface area is 294 Å². The number of hydrogen-bond acceptors (Lipinski definition) is 9. The molecule has 0 unspecified atom stereocenters. The van der Waals surface area contributed by atoms with Crippen LogP contribution in [0.25, 0.3) is 11.1 Å². The van der Waals surface area contributed by atoms with Crippen molar-refractivity contribution in [1.82, 2.24) is 9.80 Å². The van der Waals surface area contributed by atoms with Crippen molar-refractivity contribution in [1.29, 1.82) is 0 Å². The average Bonchev–Trinajstić information content (AvgIpc) is 3.74. The van der Waals surface area contributed by atoms with E-state index in [1.807, 2.05) is 50.2 Å². The molecule has 2 atom stereocenters. The first-order chi connectivity index (χ1) is 23.6. The van der Waals surface area contributed by atoms with Crippen LogP contribution in [0.15, 0.2) is 94.7 Å². The summed E-state index contributed by atoms with van der Waals surface area (Å²) in [5.74, 6) is 1.63. The van der Waals surface area contributed by atoms with Gasteiger partial charge in [0.15, 0.2) is 5.78 Å². The van der Waals surface area contributed by atoms with Crippen LogP contribution in [-0.4, -0.2) is 94.0 Å². The van der Waals surface area contributed by atoms with Crippen LogP contribution in [0.2, 0.25) is 0 Å². The quantitative estimate of drug-likeness (QED) is 0.213. The molecule has 11 nitrogen and oxygen atoms in total. The Morgan fingerprint density at radius 1 is 0.580 bits per heavy atom. The van der Waals surface area contributed by atoms with Gasteiger partial charge in [0.25, 0.3) is 20.2 Å². The highest BCUT2D eigenvalue weighted by Gasteiger charge is 2.29. The van der Waals surface area contributed by atoms with Gasteiger partial charge in [-0.25, -0.2) is 0 Å². The average molecular weight is 723 g/mol. The second-order valence-corrected chi connectivity index (χ2v) is 15.7. The predicted molar refractivity (Wildman–Crippen MR) is 190 cm³/mol. The Hall–Kier alpha value is -4.11. The maximum atomic E-state index is 13.0. The Morgan fingerprint density at radius 3 is 1.24 bits per heavy atom. The second-order valence-electron chi connectivity index (χ2n) is 12.9. The van der Waals surface area contributed by atoms with E-state index in [4.69, 9.17) is 18.6 Å². The Kier molecular flexibility index (Phi) is 11.5. The SMILES string of the molecule is CN1CC[C@H](Oc2ccc3c(c2)C(=O)c2cc(O[C@H]4CCN(C)C4)ccc2-3)C1.Cc1ccc(S(=O)(=O)O)cc1.Cc1ccc(S(=O)(=O)O)cc1. The van der Waals surface area contributed by atoms with Crippen molar-refractivity contribution in [2.24, 2.45) is 0 Å². The first-order valence-corrected chi connectivity index (χ1v) is 19.1. The number of carbonyl (C=O) groups is 1. The molecule has 50 heavy (non-hydrogen) atoms. The number of ketones is 1. The molecule has 2 fully saturated rings. The third kappa shape index (κ3) is 9.56. The summed E-state index contributed by atoms with van der Waals surface area (Å²) in [6.45, 7) is 7.66. The van der Waals surface area contributed by atoms with Crippen LogP contribution < -0.4 is 9.47 Å². The van der Waals surface area contributed by atoms with Crippen LogP contribution in [0, 0.1) is 13.8 Å². The first-order valence-electron chi connectivity index (χ1n) is 16.2. The summed E-state index contributed by atoms with van der Waals surface area (Å²) < 4.78 is 71.3. The largest absolute Gasteiger partial charge is 0.489 e. The minimum absolute atomic E-state index is 0.0629. The van der Waals surface area contributed by atoms with Gasteiger partial charge in [-0.2, -0.15) is 16.8 Å². The summed E-state index contributed by atoms with van der Waals surface area (Å²) in [7, 11) is -3.83. The van der Waals surface area contributed by atoms with E-state index in [1.165, 1.54) is 24.3 Å². The molecule has 7 rings (SSSR count). The Bertz CT molecular complexity index is 1900. The second kappa shape index (κ2) is 15.4. The van der Waals surface area contributed by atoms with E-state index in [9.17, 15) is 21.6 Å². The fraction of sp³-hybridized carbons (Fsp3) is 0.324. The van der Waals surface area contributed by atoms with Crippen molar-refractivity contribution in [2.45, 2.75) is 48.7 Å². The van der Waals surface area contributed by atoms with Gasteiger partial charge < -0.3 is 19.3 Å². The number of benzene rings is 4. The summed E-state index contributed by atoms with van der Waals surface area (Å²) >= 11 is 0. The van der Waals surface area contributed by atoms with Gasteiger partial charge in [-0.15, -0.1) is 0 Å². The van der Waals surface area contributed by atoms with Crippen molar-refractivity contribution < 1.29 is 40.2 Å². The van der Waals surface area contributed by atoms with Gasteiger partial charge in [0.05, 0.1) is 9.79 Å². The molecule has 1 aliphatic carbocycles. The van der Waals surface area contributed by atoms with E-state index in [2.05, 4.69) is 23.9 Å². The van der Waals surface area contributed by atoms with E-state index in [0.29, 0.717) is 0 Å². The van der Waals surface area contributed by atoms with Gasteiger partial charge in [-0.3, -0.25) is 13.9 Å². The molecular weight excluding hydrogens is 681 g/mol. The normalized spacial score (nSPS) is 18.7. The summed E-state index contributed by atoms with van der Waals surface area (Å²) in [6.07, 6.45) is 2.45. The number of likely N-dealkylation sites (tertiary alicyclic amines) is 2. The van der Waals surface area contributed by atoms with Crippen LogP contribution in [-0.2, 0) is 20.2 Å². The highest BCUT2D eigenvalue weighted by molar-refractivity contribution is 7.86. The lowest BCUT2D eigenvalue weighted by molar-refractivity contribution is 0.104. The topological polar surface area (TPSA) is 151 Å². The highest BCUT2D eigenvalue weighted by Crippen LogP contribution is 2.40. The molecule has 0 saturated carbocycles. The smallest absolute Gasteiger partial charge is 0.294 e. The van der Waals surface area contributed by atoms with Crippen molar-refractivity contribution in [3.8, 4) is 22.6 Å². The molecule has 4 aromatic rings. The summed E-state index contributed by atoms with van der Waals surface area (Å²) in [6, 6.07) is 23.8. The fourth-order valence-electron chi connectivity index (χ4n) is 5.97. The van der Waals surface area contributed by atoms with Crippen LogP contribution in [0.4, 0.5) is 0 Å². The molecule has 0 radical (unpaired) electrons. The lowest BCUT2D eigenvalue weighted by Gasteiger charge is -2.14. The predicted octanol–water partition coefficient (Wildman–Crippen LogP) is 5.55. The first kappa shape index (κ1) is 37.2. The third-order valence-electron chi connectivity index (χ3n) is 8.70. The number of aryl methyl sites for hydroxylation is 2. The molecule has 3 aliphatic rings. The summed E-state index contributed by atoms with van der Waals surface area (Å²) in [5.41, 5.74) is 5.36. The molecule has 2 heterocycles. The Balaban J connectivity index is 0.000000182. The molecule has 2 N–H and O–H groups in total. The number of rotatable bonds is 6. The molecule has 2 saturated heterocycles. The minimum Gasteiger partial charge on any atom is -0.489 e. The zero-order valence-corrected chi connectivity index (χ0v) is 30.1. The van der Waals surface area contributed by atoms with Crippen LogP contribution in [0.3, 0.4) is 0 Å². The van der Waals surface area contributed by atoms with E-state index >= 15 is 0 Å². The van der Waals surface area contributed by atoms with Crippen molar-refractivity contribution in [3.63, 3.8) is 0 Å². The van der Waals surface area contributed by atoms with Gasteiger partial charge in [0.1, 0.15) is 23.7 Å². The van der Waals surface area contributed by atoms with Gasteiger partial charge >= 0.3 is 0 Å². The monoisotopic (exact) mass is 722 g/mol. The molecule has 4 aromatic carbocycles. The van der Waals surface area contributed by atoms with Crippen molar-refractivity contribution in [2.75, 3.05) is 40.3 Å². The van der Waals surface area contributed by atoms with E-state index in [0.717, 1.165) is 83.9 Å². The molecule has 0 spiro atoms. The molecule has 0 amide bonds. The third-order valence-corrected chi connectivity index (χ3v) is 10.4. The van der Waals surface area contributed by atoms with E-state index < -0.39 is 20.2 Å². The number of carbonyl (C=O) groups excluding carboxylic acids is 1. The maximum Gasteiger partial charge on any atom is 0.294 e. The van der Waals surface area contributed by atoms with E-state index in [-0.39, 0.29) is 27.8 Å². The van der Waals surface area contributed by atoms with E-state index in [1.54, 1.807) is 24.3 Å². The standard InChI is InChI=1S/C23H26N2O3.2C7H8O3S/c1-24-9-7-17(13-24)27-15-3-5-19-20-6-4-16(28-18-8-10-25(2)14-18)12-22(20)23(26)21(19)11-15;2*1-6-2-4-7(5-3-6)11(8,9)10/h3-6,11-12,17-18H,7-10,13-14H2,1-2H3;2*2-5H,1H3,(H,8,9,10)/t17-,18-;;/m0../s1. The van der Waals surface area contributed by atoms with Gasteiger partial charge in [-0.05, 0) is 113 Å². The van der Waals surface area contributed by atoms with Gasteiger partial charge in [-0.1, -0.05) is 35.4 Å². The summed E-state index contributed by atoms with van der Waals surface area (Å²) in [5, 5.41) is 0. The molecular formula is C37H42N2O9S2. The minimum atomic E-state index is -4.02. The number of fused-ring (bicyclic) bond motifs is 3. The Morgan fingerprint density at radius 2 is 0.940 bits per heavy atom. The lowest BCUT2D eigenvalue weighted by atomic mass is 10.1. The highest BCUT2D eigenvalue weighted by atomic mass is 32.2. The molecule has 13 heteroatoms. The zero-order chi connectivity index (χ0) is 36.2. The zero-order valence-electron chi connectivity index (χ0n) is 28.4. The number of nitrogens with zero attached hydrogens (tertiary/aromatic N) is 2. The molecule has 2 aliphatic heterocycles. The number of hydrogen-bond donors (Lipinski definition) is 2. The van der Waals surface area contributed by atoms with Gasteiger partial charge in [0, 0.05) is 37.3 Å². The number of likely N-dealkylation sites (N-methyl/N-ethyl adjacent to an activating group) is 2. The van der Waals surface area contributed by atoms with Crippen LogP contribution in [0.1, 0.15) is 39.9 Å².